The number of benzene rings is 1. The van der Waals surface area contributed by atoms with E-state index in [1.807, 2.05) is 31.2 Å². The van der Waals surface area contributed by atoms with E-state index < -0.39 is 17.5 Å². The van der Waals surface area contributed by atoms with Crippen LogP contribution in [-0.4, -0.2) is 41.9 Å². The van der Waals surface area contributed by atoms with Gasteiger partial charge < -0.3 is 16.4 Å². The molecule has 2 aliphatic rings. The van der Waals surface area contributed by atoms with Crippen molar-refractivity contribution in [2.24, 2.45) is 11.7 Å². The Morgan fingerprint density at radius 1 is 1.35 bits per heavy atom. The van der Waals surface area contributed by atoms with Crippen molar-refractivity contribution in [2.45, 2.75) is 38.3 Å². The van der Waals surface area contributed by atoms with Crippen molar-refractivity contribution in [3.8, 4) is 0 Å². The van der Waals surface area contributed by atoms with Gasteiger partial charge in [0.05, 0.1) is 0 Å². The molecule has 1 saturated carbocycles. The van der Waals surface area contributed by atoms with Crippen LogP contribution in [-0.2, 0) is 15.1 Å². The number of amides is 4. The van der Waals surface area contributed by atoms with Crippen molar-refractivity contribution in [2.75, 3.05) is 13.1 Å². The van der Waals surface area contributed by atoms with Crippen LogP contribution < -0.4 is 16.4 Å². The zero-order chi connectivity index (χ0) is 18.2. The average molecular weight is 381 g/mol. The minimum absolute atomic E-state index is 0. The van der Waals surface area contributed by atoms with Crippen molar-refractivity contribution in [3.05, 3.63) is 35.4 Å². The van der Waals surface area contributed by atoms with Gasteiger partial charge in [0.15, 0.2) is 0 Å². The smallest absolute Gasteiger partial charge is 0.325 e. The molecule has 1 aromatic carbocycles. The molecule has 142 valence electrons. The second-order valence-corrected chi connectivity index (χ2v) is 7.06. The molecular formula is C18H25ClN4O3. The second-order valence-electron chi connectivity index (χ2n) is 7.06. The highest BCUT2D eigenvalue weighted by Gasteiger charge is 2.49. The highest BCUT2D eigenvalue weighted by atomic mass is 35.5. The first kappa shape index (κ1) is 20.2. The lowest BCUT2D eigenvalue weighted by molar-refractivity contribution is -0.135. The topological polar surface area (TPSA) is 105 Å². The lowest BCUT2D eigenvalue weighted by Gasteiger charge is -2.22. The summed E-state index contributed by atoms with van der Waals surface area (Å²) in [7, 11) is 0. The molecule has 1 aliphatic heterocycles. The maximum absolute atomic E-state index is 12.8. The Morgan fingerprint density at radius 3 is 2.50 bits per heavy atom. The van der Waals surface area contributed by atoms with Crippen LogP contribution in [0.15, 0.2) is 24.3 Å². The Labute approximate surface area is 159 Å². The molecule has 1 saturated heterocycles. The Morgan fingerprint density at radius 2 is 1.96 bits per heavy atom. The summed E-state index contributed by atoms with van der Waals surface area (Å²) in [5, 5.41) is 5.54. The number of aryl methyl sites for hydroxylation is 1. The zero-order valence-corrected chi connectivity index (χ0v) is 15.8. The number of imide groups is 1. The van der Waals surface area contributed by atoms with Crippen molar-refractivity contribution >= 4 is 30.3 Å². The monoisotopic (exact) mass is 380 g/mol. The maximum Gasteiger partial charge on any atom is 0.325 e. The molecule has 2 fully saturated rings. The third-order valence-electron chi connectivity index (χ3n) is 5.00. The average Bonchev–Trinajstić information content (AvgIpc) is 3.39. The highest BCUT2D eigenvalue weighted by Crippen LogP contribution is 2.32. The van der Waals surface area contributed by atoms with Crippen molar-refractivity contribution in [1.82, 2.24) is 15.5 Å². The summed E-state index contributed by atoms with van der Waals surface area (Å²) in [5.74, 6) is -0.374. The van der Waals surface area contributed by atoms with Gasteiger partial charge in [-0.1, -0.05) is 29.8 Å². The van der Waals surface area contributed by atoms with Crippen LogP contribution in [0.4, 0.5) is 4.79 Å². The van der Waals surface area contributed by atoms with Gasteiger partial charge in [0.1, 0.15) is 12.1 Å². The summed E-state index contributed by atoms with van der Waals surface area (Å²) < 4.78 is 0. The van der Waals surface area contributed by atoms with Gasteiger partial charge in [0, 0.05) is 12.6 Å². The highest BCUT2D eigenvalue weighted by molar-refractivity contribution is 6.09. The molecule has 7 nitrogen and oxygen atoms in total. The van der Waals surface area contributed by atoms with Crippen LogP contribution in [0.5, 0.6) is 0 Å². The summed E-state index contributed by atoms with van der Waals surface area (Å²) in [6.07, 6.45) is 2.10. The molecule has 2 atom stereocenters. The van der Waals surface area contributed by atoms with E-state index in [2.05, 4.69) is 10.6 Å². The fourth-order valence-corrected chi connectivity index (χ4v) is 3.19. The first-order valence-electron chi connectivity index (χ1n) is 8.56. The standard InChI is InChI=1S/C18H24N4O3.ClH/c1-11-3-7-13(8-4-11)18(2)16(24)22(17(25)21-18)10-15(23)20-14(9-19)12-5-6-12;/h3-4,7-8,12,14H,5-6,9-10,19H2,1-2H3,(H,20,23)(H,21,25);1H. The molecule has 0 bridgehead atoms. The van der Waals surface area contributed by atoms with E-state index in [4.69, 9.17) is 5.73 Å². The second kappa shape index (κ2) is 7.63. The Bertz CT molecular complexity index is 705. The first-order chi connectivity index (χ1) is 11.8. The fourth-order valence-electron chi connectivity index (χ4n) is 3.19. The van der Waals surface area contributed by atoms with E-state index in [0.717, 1.165) is 23.3 Å². The predicted octanol–water partition coefficient (Wildman–Crippen LogP) is 1.04. The van der Waals surface area contributed by atoms with Gasteiger partial charge in [-0.2, -0.15) is 0 Å². The molecule has 4 N–H and O–H groups in total. The first-order valence-corrected chi connectivity index (χ1v) is 8.56. The third kappa shape index (κ3) is 3.83. The van der Waals surface area contributed by atoms with Crippen LogP contribution in [0.3, 0.4) is 0 Å². The Balaban J connectivity index is 0.00000243. The van der Waals surface area contributed by atoms with Crippen molar-refractivity contribution in [3.63, 3.8) is 0 Å². The molecule has 26 heavy (non-hydrogen) atoms. The molecule has 0 spiro atoms. The van der Waals surface area contributed by atoms with Crippen LogP contribution in [0.2, 0.25) is 0 Å². The molecule has 8 heteroatoms. The molecule has 1 heterocycles. The van der Waals surface area contributed by atoms with Crippen molar-refractivity contribution < 1.29 is 14.4 Å². The SMILES string of the molecule is Cc1ccc(C2(C)NC(=O)N(CC(=O)NC(CN)C3CC3)C2=O)cc1.Cl. The lowest BCUT2D eigenvalue weighted by atomic mass is 9.91. The van der Waals surface area contributed by atoms with E-state index in [9.17, 15) is 14.4 Å². The molecule has 3 rings (SSSR count). The Hall–Kier alpha value is -2.12. The Kier molecular flexibility index (Phi) is 5.93. The van der Waals surface area contributed by atoms with Crippen LogP contribution in [0, 0.1) is 12.8 Å². The van der Waals surface area contributed by atoms with E-state index in [0.29, 0.717) is 18.0 Å². The molecule has 2 unspecified atom stereocenters. The number of nitrogens with one attached hydrogen (secondary N) is 2. The number of carbonyl (C=O) groups excluding carboxylic acids is 3. The number of nitrogens with zero attached hydrogens (tertiary/aromatic N) is 1. The molecule has 4 amide bonds. The third-order valence-corrected chi connectivity index (χ3v) is 5.00. The summed E-state index contributed by atoms with van der Waals surface area (Å²) in [6, 6.07) is 6.76. The van der Waals surface area contributed by atoms with Crippen LogP contribution >= 0.6 is 12.4 Å². The van der Waals surface area contributed by atoms with Crippen LogP contribution in [0.25, 0.3) is 0 Å². The van der Waals surface area contributed by atoms with Gasteiger partial charge in [0.2, 0.25) is 5.91 Å². The lowest BCUT2D eigenvalue weighted by Crippen LogP contribution is -2.48. The molecule has 1 aromatic rings. The van der Waals surface area contributed by atoms with Gasteiger partial charge in [-0.25, -0.2) is 4.79 Å². The summed E-state index contributed by atoms with van der Waals surface area (Å²) in [6.45, 7) is 3.67. The zero-order valence-electron chi connectivity index (χ0n) is 15.0. The van der Waals surface area contributed by atoms with E-state index in [1.54, 1.807) is 6.92 Å². The number of nitrogens with two attached hydrogens (primary N) is 1. The fraction of sp³-hybridized carbons (Fsp3) is 0.500. The maximum atomic E-state index is 12.8. The largest absolute Gasteiger partial charge is 0.350 e. The molecule has 0 radical (unpaired) electrons. The molecule has 0 aromatic heterocycles. The number of rotatable bonds is 6. The van der Waals surface area contributed by atoms with Gasteiger partial charge in [-0.15, -0.1) is 12.4 Å². The quantitative estimate of drug-likeness (QED) is 0.641. The van der Waals surface area contributed by atoms with E-state index >= 15 is 0 Å². The number of urea groups is 1. The normalized spacial score (nSPS) is 23.3. The van der Waals surface area contributed by atoms with E-state index in [-0.39, 0.29) is 30.9 Å². The molecule has 1 aliphatic carbocycles. The van der Waals surface area contributed by atoms with Crippen molar-refractivity contribution in [1.29, 1.82) is 0 Å². The predicted molar refractivity (Wildman–Crippen MR) is 99.7 cm³/mol. The minimum atomic E-state index is -1.16. The van der Waals surface area contributed by atoms with Gasteiger partial charge >= 0.3 is 6.03 Å². The minimum Gasteiger partial charge on any atom is -0.350 e. The van der Waals surface area contributed by atoms with E-state index in [1.165, 1.54) is 0 Å². The number of halogens is 1. The molecular weight excluding hydrogens is 356 g/mol. The van der Waals surface area contributed by atoms with Gasteiger partial charge in [0.25, 0.3) is 5.91 Å². The summed E-state index contributed by atoms with van der Waals surface area (Å²) in [4.78, 5) is 38.3. The van der Waals surface area contributed by atoms with Gasteiger partial charge in [-0.05, 0) is 38.2 Å². The number of hydrogen-bond donors (Lipinski definition) is 3. The summed E-state index contributed by atoms with van der Waals surface area (Å²) in [5.41, 5.74) is 6.28. The number of carbonyl (C=O) groups is 3. The summed E-state index contributed by atoms with van der Waals surface area (Å²) >= 11 is 0. The van der Waals surface area contributed by atoms with Crippen LogP contribution in [0.1, 0.15) is 30.9 Å². The number of hydrogen-bond acceptors (Lipinski definition) is 4. The van der Waals surface area contributed by atoms with Gasteiger partial charge in [-0.3, -0.25) is 14.5 Å².